The first-order valence-corrected chi connectivity index (χ1v) is 4.54. The van der Waals surface area contributed by atoms with Crippen molar-refractivity contribution in [3.8, 4) is 0 Å². The Morgan fingerprint density at radius 1 is 1.25 bits per heavy atom. The molecule has 3 heteroatoms. The third-order valence-electron chi connectivity index (χ3n) is 1.58. The molecule has 0 amide bonds. The predicted molar refractivity (Wildman–Crippen MR) is 51.1 cm³/mol. The lowest BCUT2D eigenvalue weighted by Gasteiger charge is -2.16. The van der Waals surface area contributed by atoms with Crippen LogP contribution in [0.4, 0.5) is 0 Å². The number of carbonyl (C=O) groups is 1. The Bertz CT molecular complexity index is 80.6. The maximum absolute atomic E-state index is 10.1. The second kappa shape index (κ2) is 13.2. The molecule has 2 N–H and O–H groups in total. The number of carbonyl (C=O) groups excluding carboxylic acids is 1. The normalized spacial score (nSPS) is 16.3. The van der Waals surface area contributed by atoms with E-state index in [9.17, 15) is 4.79 Å². The average Bonchev–Trinajstić information content (AvgIpc) is 2.25. The zero-order valence-electron chi connectivity index (χ0n) is 8.34. The number of piperidine rings is 1. The summed E-state index contributed by atoms with van der Waals surface area (Å²) < 4.78 is 0. The zero-order chi connectivity index (χ0) is 9.82. The minimum absolute atomic E-state index is 0.344. The van der Waals surface area contributed by atoms with Gasteiger partial charge >= 0.3 is 0 Å². The van der Waals surface area contributed by atoms with Crippen LogP contribution in [0.5, 0.6) is 0 Å². The van der Waals surface area contributed by atoms with Crippen LogP contribution >= 0.6 is 0 Å². The molecule has 3 nitrogen and oxygen atoms in total. The van der Waals surface area contributed by atoms with Crippen molar-refractivity contribution in [2.45, 2.75) is 26.7 Å². The first-order valence-electron chi connectivity index (χ1n) is 4.54. The third kappa shape index (κ3) is 7.69. The summed E-state index contributed by atoms with van der Waals surface area (Å²) in [7, 11) is 1.00. The molecule has 0 aromatic rings. The first kappa shape index (κ1) is 14.1. The quantitative estimate of drug-likeness (QED) is 0.580. The van der Waals surface area contributed by atoms with Crippen molar-refractivity contribution in [3.63, 3.8) is 0 Å². The summed E-state index contributed by atoms with van der Waals surface area (Å²) in [6.45, 7) is 6.03. The molecule has 0 atom stereocenters. The predicted octanol–water partition coefficient (Wildman–Crippen LogP) is 0.820. The smallest absolute Gasteiger partial charge is 0.123 e. The van der Waals surface area contributed by atoms with E-state index in [1.807, 2.05) is 13.8 Å². The highest BCUT2D eigenvalue weighted by Crippen LogP contribution is 2.06. The zero-order valence-corrected chi connectivity index (χ0v) is 8.34. The lowest BCUT2D eigenvalue weighted by molar-refractivity contribution is -0.111. The summed E-state index contributed by atoms with van der Waals surface area (Å²) in [4.78, 5) is 10.1. The molecular formula is C9H21NO2. The van der Waals surface area contributed by atoms with Crippen LogP contribution in [-0.4, -0.2) is 31.6 Å². The fourth-order valence-corrected chi connectivity index (χ4v) is 0.980. The topological polar surface area (TPSA) is 49.3 Å². The SMILES string of the molecule is CC.CO.O=CC1CCNCC1. The summed E-state index contributed by atoms with van der Waals surface area (Å²) >= 11 is 0. The summed E-state index contributed by atoms with van der Waals surface area (Å²) in [5, 5.41) is 10.2. The lowest BCUT2D eigenvalue weighted by atomic mass is 10.0. The van der Waals surface area contributed by atoms with Crippen LogP contribution in [0.1, 0.15) is 26.7 Å². The van der Waals surface area contributed by atoms with E-state index in [1.54, 1.807) is 0 Å². The van der Waals surface area contributed by atoms with Crippen LogP contribution in [0.15, 0.2) is 0 Å². The standard InChI is InChI=1S/C6H11NO.C2H6.CH4O/c8-5-6-1-3-7-4-2-6;2*1-2/h5-7H,1-4H2;1-2H3;2H,1H3. The van der Waals surface area contributed by atoms with Gasteiger partial charge in [0.2, 0.25) is 0 Å². The van der Waals surface area contributed by atoms with Gasteiger partial charge in [-0.25, -0.2) is 0 Å². The second-order valence-electron chi connectivity index (χ2n) is 2.22. The van der Waals surface area contributed by atoms with Gasteiger partial charge in [0.15, 0.2) is 0 Å². The van der Waals surface area contributed by atoms with Crippen LogP contribution in [0.25, 0.3) is 0 Å². The molecule has 0 radical (unpaired) electrons. The van der Waals surface area contributed by atoms with Gasteiger partial charge in [-0.15, -0.1) is 0 Å². The second-order valence-corrected chi connectivity index (χ2v) is 2.22. The van der Waals surface area contributed by atoms with E-state index in [0.717, 1.165) is 39.3 Å². The van der Waals surface area contributed by atoms with Gasteiger partial charge in [0.1, 0.15) is 6.29 Å². The van der Waals surface area contributed by atoms with Crippen molar-refractivity contribution in [3.05, 3.63) is 0 Å². The molecule has 0 aromatic carbocycles. The van der Waals surface area contributed by atoms with Crippen LogP contribution in [0.3, 0.4) is 0 Å². The van der Waals surface area contributed by atoms with E-state index < -0.39 is 0 Å². The Kier molecular flexibility index (Phi) is 15.5. The Hall–Kier alpha value is -0.410. The number of rotatable bonds is 1. The summed E-state index contributed by atoms with van der Waals surface area (Å²) in [5.74, 6) is 0.344. The van der Waals surface area contributed by atoms with Crippen molar-refractivity contribution in [2.75, 3.05) is 20.2 Å². The van der Waals surface area contributed by atoms with Gasteiger partial charge in [-0.2, -0.15) is 0 Å². The van der Waals surface area contributed by atoms with Gasteiger partial charge in [0.25, 0.3) is 0 Å². The third-order valence-corrected chi connectivity index (χ3v) is 1.58. The molecule has 0 bridgehead atoms. The molecule has 74 valence electrons. The fourth-order valence-electron chi connectivity index (χ4n) is 0.980. The van der Waals surface area contributed by atoms with Gasteiger partial charge in [0.05, 0.1) is 0 Å². The molecule has 0 unspecified atom stereocenters. The summed E-state index contributed by atoms with van der Waals surface area (Å²) in [5.41, 5.74) is 0. The minimum Gasteiger partial charge on any atom is -0.400 e. The van der Waals surface area contributed by atoms with E-state index in [4.69, 9.17) is 5.11 Å². The van der Waals surface area contributed by atoms with E-state index in [1.165, 1.54) is 0 Å². The maximum Gasteiger partial charge on any atom is 0.123 e. The number of hydrogen-bond donors (Lipinski definition) is 2. The highest BCUT2D eigenvalue weighted by atomic mass is 16.2. The molecule has 0 aromatic heterocycles. The Morgan fingerprint density at radius 3 is 1.92 bits per heavy atom. The minimum atomic E-state index is 0.344. The number of aliphatic hydroxyl groups is 1. The Morgan fingerprint density at radius 2 is 1.67 bits per heavy atom. The Labute approximate surface area is 75.2 Å². The van der Waals surface area contributed by atoms with Crippen LogP contribution in [-0.2, 0) is 4.79 Å². The maximum atomic E-state index is 10.1. The van der Waals surface area contributed by atoms with Gasteiger partial charge < -0.3 is 15.2 Å². The van der Waals surface area contributed by atoms with Gasteiger partial charge in [-0.1, -0.05) is 13.8 Å². The van der Waals surface area contributed by atoms with Crippen molar-refractivity contribution in [1.29, 1.82) is 0 Å². The first-order chi connectivity index (χ1) is 5.93. The molecule has 1 heterocycles. The average molecular weight is 175 g/mol. The van der Waals surface area contributed by atoms with Gasteiger partial charge in [-0.05, 0) is 25.9 Å². The molecule has 1 fully saturated rings. The van der Waals surface area contributed by atoms with E-state index in [2.05, 4.69) is 5.32 Å². The molecule has 0 aliphatic carbocycles. The number of nitrogens with one attached hydrogen (secondary N) is 1. The molecular weight excluding hydrogens is 154 g/mol. The van der Waals surface area contributed by atoms with Gasteiger partial charge in [-0.3, -0.25) is 0 Å². The molecule has 1 aliphatic heterocycles. The molecule has 0 saturated carbocycles. The summed E-state index contributed by atoms with van der Waals surface area (Å²) in [6, 6.07) is 0. The van der Waals surface area contributed by atoms with Crippen LogP contribution in [0.2, 0.25) is 0 Å². The van der Waals surface area contributed by atoms with Crippen LogP contribution < -0.4 is 5.32 Å². The monoisotopic (exact) mass is 175 g/mol. The van der Waals surface area contributed by atoms with Crippen molar-refractivity contribution in [2.24, 2.45) is 5.92 Å². The van der Waals surface area contributed by atoms with E-state index in [0.29, 0.717) is 5.92 Å². The van der Waals surface area contributed by atoms with Crippen LogP contribution in [0, 0.1) is 5.92 Å². The Balaban J connectivity index is 0. The summed E-state index contributed by atoms with van der Waals surface area (Å²) in [6.07, 6.45) is 3.13. The molecule has 1 saturated heterocycles. The highest BCUT2D eigenvalue weighted by Gasteiger charge is 2.09. The number of hydrogen-bond acceptors (Lipinski definition) is 3. The molecule has 1 aliphatic rings. The molecule has 1 rings (SSSR count). The number of aliphatic hydroxyl groups excluding tert-OH is 1. The van der Waals surface area contributed by atoms with E-state index >= 15 is 0 Å². The number of aldehydes is 1. The molecule has 0 spiro atoms. The van der Waals surface area contributed by atoms with Crippen molar-refractivity contribution < 1.29 is 9.90 Å². The van der Waals surface area contributed by atoms with Crippen molar-refractivity contribution in [1.82, 2.24) is 5.32 Å². The highest BCUT2D eigenvalue weighted by molar-refractivity contribution is 5.53. The lowest BCUT2D eigenvalue weighted by Crippen LogP contribution is -2.28. The van der Waals surface area contributed by atoms with Crippen molar-refractivity contribution >= 4 is 6.29 Å². The van der Waals surface area contributed by atoms with E-state index in [-0.39, 0.29) is 0 Å². The largest absolute Gasteiger partial charge is 0.400 e. The van der Waals surface area contributed by atoms with Gasteiger partial charge in [0, 0.05) is 13.0 Å². The molecule has 12 heavy (non-hydrogen) atoms. The fraction of sp³-hybridized carbons (Fsp3) is 0.889.